The smallest absolute Gasteiger partial charge is 0.271 e. The first-order chi connectivity index (χ1) is 12.1. The maximum Gasteiger partial charge on any atom is 0.271 e. The summed E-state index contributed by atoms with van der Waals surface area (Å²) in [6, 6.07) is 11.1. The number of primary amides is 1. The van der Waals surface area contributed by atoms with E-state index in [1.165, 1.54) is 0 Å². The van der Waals surface area contributed by atoms with Crippen LogP contribution < -0.4 is 11.5 Å². The Balaban J connectivity index is 2.09. The number of amides is 1. The Kier molecular flexibility index (Phi) is 3.08. The number of nitrogens with two attached hydrogens (primary N) is 2. The molecule has 0 spiro atoms. The molecule has 8 heteroatoms. The molecule has 0 unspecified atom stereocenters. The van der Waals surface area contributed by atoms with E-state index in [-0.39, 0.29) is 11.4 Å². The highest BCUT2D eigenvalue weighted by atomic mass is 16.1. The van der Waals surface area contributed by atoms with E-state index in [0.29, 0.717) is 22.0 Å². The van der Waals surface area contributed by atoms with Crippen molar-refractivity contribution in [3.8, 4) is 17.2 Å². The van der Waals surface area contributed by atoms with Gasteiger partial charge >= 0.3 is 0 Å². The minimum Gasteiger partial charge on any atom is -0.396 e. The fraction of sp³-hybridized carbons (Fsp3) is 0. The molecule has 2 heterocycles. The molecule has 0 saturated carbocycles. The Morgan fingerprint density at radius 1 is 1.20 bits per heavy atom. The molecule has 2 aromatic heterocycles. The van der Waals surface area contributed by atoms with Crippen LogP contribution in [-0.4, -0.2) is 26.3 Å². The minimum absolute atomic E-state index is 0.0906. The zero-order valence-electron chi connectivity index (χ0n) is 12.8. The maximum absolute atomic E-state index is 11.4. The predicted octanol–water partition coefficient (Wildman–Crippen LogP) is 1.73. The molecule has 2 aromatic carbocycles. The first kappa shape index (κ1) is 14.6. The molecular formula is C17H11N7O. The van der Waals surface area contributed by atoms with Gasteiger partial charge in [-0.05, 0) is 23.8 Å². The van der Waals surface area contributed by atoms with E-state index in [1.807, 2.05) is 18.2 Å². The van der Waals surface area contributed by atoms with Gasteiger partial charge in [0.1, 0.15) is 5.52 Å². The van der Waals surface area contributed by atoms with E-state index < -0.39 is 5.91 Å². The van der Waals surface area contributed by atoms with Crippen molar-refractivity contribution < 1.29 is 4.79 Å². The number of aromatic nitrogens is 4. The summed E-state index contributed by atoms with van der Waals surface area (Å²) in [6.07, 6.45) is 1.71. The third-order valence-electron chi connectivity index (χ3n) is 4.06. The van der Waals surface area contributed by atoms with E-state index in [1.54, 1.807) is 18.3 Å². The van der Waals surface area contributed by atoms with Gasteiger partial charge in [0, 0.05) is 16.3 Å². The van der Waals surface area contributed by atoms with Gasteiger partial charge in [-0.2, -0.15) is 10.4 Å². The van der Waals surface area contributed by atoms with E-state index >= 15 is 0 Å². The van der Waals surface area contributed by atoms with Crippen molar-refractivity contribution in [3.63, 3.8) is 0 Å². The van der Waals surface area contributed by atoms with Gasteiger partial charge in [0.15, 0.2) is 5.69 Å². The van der Waals surface area contributed by atoms with E-state index in [2.05, 4.69) is 26.5 Å². The number of nitrogen functional groups attached to an aromatic ring is 1. The molecule has 0 radical (unpaired) electrons. The summed E-state index contributed by atoms with van der Waals surface area (Å²) in [5, 5.41) is 25.8. The molecule has 0 bridgehead atoms. The Morgan fingerprint density at radius 3 is 2.80 bits per heavy atom. The lowest BCUT2D eigenvalue weighted by molar-refractivity contribution is 0.0996. The number of benzene rings is 2. The number of nitrogens with zero attached hydrogens (tertiary/aromatic N) is 4. The number of hydrogen-bond acceptors (Lipinski definition) is 6. The van der Waals surface area contributed by atoms with E-state index in [9.17, 15) is 10.1 Å². The third kappa shape index (κ3) is 2.14. The average molecular weight is 329 g/mol. The second kappa shape index (κ2) is 5.28. The number of nitriles is 1. The molecule has 0 aliphatic rings. The van der Waals surface area contributed by atoms with Gasteiger partial charge in [-0.3, -0.25) is 9.89 Å². The lowest BCUT2D eigenvalue weighted by atomic mass is 9.95. The van der Waals surface area contributed by atoms with Gasteiger partial charge in [0.2, 0.25) is 0 Å². The van der Waals surface area contributed by atoms with Crippen LogP contribution in [0.3, 0.4) is 0 Å². The molecular weight excluding hydrogens is 318 g/mol. The van der Waals surface area contributed by atoms with Crippen LogP contribution in [0, 0.1) is 11.3 Å². The van der Waals surface area contributed by atoms with Crippen molar-refractivity contribution in [2.45, 2.75) is 0 Å². The first-order valence-corrected chi connectivity index (χ1v) is 7.32. The number of aromatic amines is 1. The Morgan fingerprint density at radius 2 is 2.04 bits per heavy atom. The van der Waals surface area contributed by atoms with Gasteiger partial charge in [-0.25, -0.2) is 0 Å². The fourth-order valence-electron chi connectivity index (χ4n) is 2.85. The number of carbonyl (C=O) groups is 1. The molecule has 4 aromatic rings. The first-order valence-electron chi connectivity index (χ1n) is 7.32. The minimum atomic E-state index is -0.753. The second-order valence-corrected chi connectivity index (χ2v) is 5.49. The van der Waals surface area contributed by atoms with E-state index in [4.69, 9.17) is 11.5 Å². The standard InChI is InChI=1S/C17H11N7O/c18-6-9-3-4-11-14(19)16(17(20)25)24-23-15(11)13(9)8-1-2-10-7-21-22-12(10)5-8/h1-5,7H,(H2,19,23)(H2,20,25)(H,21,22). The van der Waals surface area contributed by atoms with Crippen LogP contribution in [0.25, 0.3) is 32.9 Å². The molecule has 0 fully saturated rings. The van der Waals surface area contributed by atoms with Crippen molar-refractivity contribution in [2.75, 3.05) is 5.73 Å². The van der Waals surface area contributed by atoms with Gasteiger partial charge in [-0.15, -0.1) is 10.2 Å². The monoisotopic (exact) mass is 329 g/mol. The molecule has 120 valence electrons. The third-order valence-corrected chi connectivity index (χ3v) is 4.06. The molecule has 0 atom stereocenters. The Labute approximate surface area is 141 Å². The summed E-state index contributed by atoms with van der Waals surface area (Å²) in [7, 11) is 0. The second-order valence-electron chi connectivity index (χ2n) is 5.49. The molecule has 0 saturated heterocycles. The molecule has 8 nitrogen and oxygen atoms in total. The number of nitrogens with one attached hydrogen (secondary N) is 1. The summed E-state index contributed by atoms with van der Waals surface area (Å²) >= 11 is 0. The zero-order valence-corrected chi connectivity index (χ0v) is 12.8. The summed E-state index contributed by atoms with van der Waals surface area (Å²) in [4.78, 5) is 11.4. The van der Waals surface area contributed by atoms with Gasteiger partial charge in [0.05, 0.1) is 29.0 Å². The van der Waals surface area contributed by atoms with Crippen molar-refractivity contribution in [3.05, 3.63) is 47.8 Å². The lowest BCUT2D eigenvalue weighted by Crippen LogP contribution is -2.17. The Hall–Kier alpha value is -3.99. The van der Waals surface area contributed by atoms with Crippen LogP contribution in [0.4, 0.5) is 5.69 Å². The summed E-state index contributed by atoms with van der Waals surface area (Å²) in [5.41, 5.74) is 14.4. The summed E-state index contributed by atoms with van der Waals surface area (Å²) < 4.78 is 0. The van der Waals surface area contributed by atoms with Gasteiger partial charge < -0.3 is 11.5 Å². The largest absolute Gasteiger partial charge is 0.396 e. The number of anilines is 1. The summed E-state index contributed by atoms with van der Waals surface area (Å²) in [5.74, 6) is -0.753. The normalized spacial score (nSPS) is 10.8. The van der Waals surface area contributed by atoms with Crippen LogP contribution in [0.15, 0.2) is 36.5 Å². The van der Waals surface area contributed by atoms with Crippen molar-refractivity contribution >= 4 is 33.4 Å². The SMILES string of the molecule is N#Cc1ccc2c(N)c(C(N)=O)nnc2c1-c1ccc2cn[nH]c2c1. The molecule has 4 rings (SSSR count). The number of hydrogen-bond donors (Lipinski definition) is 3. The number of carbonyl (C=O) groups excluding carboxylic acids is 1. The topological polar surface area (TPSA) is 147 Å². The van der Waals surface area contributed by atoms with Gasteiger partial charge in [-0.1, -0.05) is 12.1 Å². The highest BCUT2D eigenvalue weighted by Gasteiger charge is 2.18. The van der Waals surface area contributed by atoms with Crippen molar-refractivity contribution in [1.82, 2.24) is 20.4 Å². The van der Waals surface area contributed by atoms with Crippen LogP contribution in [0.2, 0.25) is 0 Å². The van der Waals surface area contributed by atoms with Crippen LogP contribution >= 0.6 is 0 Å². The van der Waals surface area contributed by atoms with Gasteiger partial charge in [0.25, 0.3) is 5.91 Å². The number of H-pyrrole nitrogens is 1. The molecule has 0 aliphatic carbocycles. The quantitative estimate of drug-likeness (QED) is 0.510. The summed E-state index contributed by atoms with van der Waals surface area (Å²) in [6.45, 7) is 0. The van der Waals surface area contributed by atoms with Crippen molar-refractivity contribution in [2.24, 2.45) is 5.73 Å². The zero-order chi connectivity index (χ0) is 17.6. The van der Waals surface area contributed by atoms with Crippen LogP contribution in [0.1, 0.15) is 16.1 Å². The Bertz CT molecular complexity index is 1200. The fourth-order valence-corrected chi connectivity index (χ4v) is 2.85. The number of rotatable bonds is 2. The van der Waals surface area contributed by atoms with Crippen molar-refractivity contribution in [1.29, 1.82) is 5.26 Å². The number of fused-ring (bicyclic) bond motifs is 2. The lowest BCUT2D eigenvalue weighted by Gasteiger charge is -2.11. The molecule has 25 heavy (non-hydrogen) atoms. The maximum atomic E-state index is 11.4. The molecule has 1 amide bonds. The van der Waals surface area contributed by atoms with Crippen LogP contribution in [0.5, 0.6) is 0 Å². The van der Waals surface area contributed by atoms with E-state index in [0.717, 1.165) is 16.5 Å². The molecule has 0 aliphatic heterocycles. The highest BCUT2D eigenvalue weighted by molar-refractivity contribution is 6.08. The highest BCUT2D eigenvalue weighted by Crippen LogP contribution is 2.34. The molecule has 5 N–H and O–H groups in total. The average Bonchev–Trinajstić information content (AvgIpc) is 3.08. The predicted molar refractivity (Wildman–Crippen MR) is 92.3 cm³/mol. The van der Waals surface area contributed by atoms with Crippen LogP contribution in [-0.2, 0) is 0 Å².